The molecule has 3 aromatic rings. The fourth-order valence-corrected chi connectivity index (χ4v) is 5.30. The summed E-state index contributed by atoms with van der Waals surface area (Å²) in [5.74, 6) is -0.0652. The van der Waals surface area contributed by atoms with Crippen molar-refractivity contribution in [3.63, 3.8) is 0 Å². The molecule has 1 aliphatic rings. The summed E-state index contributed by atoms with van der Waals surface area (Å²) in [6.45, 7) is 3.93. The quantitative estimate of drug-likeness (QED) is 0.673. The third kappa shape index (κ3) is 3.58. The number of rotatable bonds is 3. The summed E-state index contributed by atoms with van der Waals surface area (Å²) >= 11 is 0. The molecule has 0 saturated carbocycles. The molecule has 6 nitrogen and oxygen atoms in total. The lowest BCUT2D eigenvalue weighted by Crippen LogP contribution is -2.20. The second-order valence-electron chi connectivity index (χ2n) is 7.53. The highest BCUT2D eigenvalue weighted by Gasteiger charge is 2.27. The lowest BCUT2D eigenvalue weighted by molar-refractivity contribution is 0.436. The predicted octanol–water partition coefficient (Wildman–Crippen LogP) is 2.92. The number of benzene rings is 2. The van der Waals surface area contributed by atoms with Crippen LogP contribution in [0.5, 0.6) is 5.88 Å². The number of hydrogen-bond donors (Lipinski definition) is 1. The van der Waals surface area contributed by atoms with Gasteiger partial charge in [-0.2, -0.15) is 0 Å². The molecule has 4 rings (SSSR count). The molecule has 150 valence electrons. The van der Waals surface area contributed by atoms with Gasteiger partial charge in [0.25, 0.3) is 5.56 Å². The van der Waals surface area contributed by atoms with Gasteiger partial charge in [-0.3, -0.25) is 9.79 Å². The molecule has 0 bridgehead atoms. The number of hydrogen-bond acceptors (Lipinski definition) is 5. The molecular formula is C22H22N2O4S. The minimum Gasteiger partial charge on any atom is -0.494 e. The number of sulfone groups is 1. The average molecular weight is 410 g/mol. The Labute approximate surface area is 169 Å². The van der Waals surface area contributed by atoms with E-state index in [1.54, 1.807) is 30.3 Å². The van der Waals surface area contributed by atoms with Crippen molar-refractivity contribution in [2.24, 2.45) is 4.99 Å². The number of fused-ring (bicyclic) bond motifs is 1. The molecule has 1 N–H and O–H groups in total. The molecule has 0 spiro atoms. The second kappa shape index (κ2) is 7.15. The molecule has 1 aliphatic heterocycles. The van der Waals surface area contributed by atoms with Crippen LogP contribution in [-0.2, 0) is 9.84 Å². The van der Waals surface area contributed by atoms with Crippen LogP contribution in [0, 0.1) is 13.8 Å². The minimum absolute atomic E-state index is 0.0129. The van der Waals surface area contributed by atoms with Crippen molar-refractivity contribution in [1.29, 1.82) is 0 Å². The highest BCUT2D eigenvalue weighted by Crippen LogP contribution is 2.27. The van der Waals surface area contributed by atoms with Crippen molar-refractivity contribution in [2.75, 3.05) is 11.5 Å². The molecule has 29 heavy (non-hydrogen) atoms. The molecule has 0 radical (unpaired) electrons. The van der Waals surface area contributed by atoms with E-state index in [0.29, 0.717) is 28.4 Å². The second-order valence-corrected chi connectivity index (χ2v) is 9.76. The Morgan fingerprint density at radius 2 is 1.83 bits per heavy atom. The zero-order chi connectivity index (χ0) is 20.8. The van der Waals surface area contributed by atoms with Gasteiger partial charge in [0, 0.05) is 17.0 Å². The largest absolute Gasteiger partial charge is 0.494 e. The van der Waals surface area contributed by atoms with E-state index in [9.17, 15) is 18.3 Å². The summed E-state index contributed by atoms with van der Waals surface area (Å²) in [5, 5.41) is 12.1. The van der Waals surface area contributed by atoms with Gasteiger partial charge in [-0.15, -0.1) is 0 Å². The molecule has 0 unspecified atom stereocenters. The fraction of sp³-hybridized carbons (Fsp3) is 0.273. The molecule has 1 atom stereocenters. The number of aryl methyl sites for hydroxylation is 2. The van der Waals surface area contributed by atoms with E-state index < -0.39 is 9.84 Å². The fourth-order valence-electron chi connectivity index (χ4n) is 3.67. The SMILES string of the molecule is Cc1ccc(-n2c(O)c(C=N[C@@H]3CCS(=O)(=O)C3)c3ccccc3c2=O)cc1C. The Morgan fingerprint density at radius 3 is 2.48 bits per heavy atom. The zero-order valence-corrected chi connectivity index (χ0v) is 17.1. The number of pyridine rings is 1. The van der Waals surface area contributed by atoms with Gasteiger partial charge < -0.3 is 5.11 Å². The first-order chi connectivity index (χ1) is 13.8. The maximum absolute atomic E-state index is 13.1. The molecule has 1 fully saturated rings. The lowest BCUT2D eigenvalue weighted by Gasteiger charge is -2.15. The van der Waals surface area contributed by atoms with E-state index in [2.05, 4.69) is 4.99 Å². The van der Waals surface area contributed by atoms with Crippen LogP contribution < -0.4 is 5.56 Å². The number of aromatic hydroxyl groups is 1. The first kappa shape index (κ1) is 19.4. The van der Waals surface area contributed by atoms with Crippen molar-refractivity contribution in [1.82, 2.24) is 4.57 Å². The minimum atomic E-state index is -3.05. The van der Waals surface area contributed by atoms with Crippen molar-refractivity contribution >= 4 is 26.8 Å². The molecule has 2 aromatic carbocycles. The standard InChI is InChI=1S/C22H22N2O4S/c1-14-7-8-17(11-15(14)2)24-21(25)19-6-4-3-5-18(19)20(22(24)26)12-23-16-9-10-29(27,28)13-16/h3-8,11-12,16,26H,9-10,13H2,1-2H3/t16-/m1/s1. The summed E-state index contributed by atoms with van der Waals surface area (Å²) in [7, 11) is -3.05. The first-order valence-electron chi connectivity index (χ1n) is 9.45. The Balaban J connectivity index is 1.92. The molecule has 0 amide bonds. The van der Waals surface area contributed by atoms with Crippen LogP contribution in [0.25, 0.3) is 16.5 Å². The van der Waals surface area contributed by atoms with Crippen LogP contribution in [0.4, 0.5) is 0 Å². The summed E-state index contributed by atoms with van der Waals surface area (Å²) in [6.07, 6.45) is 1.97. The van der Waals surface area contributed by atoms with Gasteiger partial charge in [0.05, 0.1) is 28.8 Å². The normalized spacial score (nSPS) is 18.6. The van der Waals surface area contributed by atoms with Gasteiger partial charge in [0.15, 0.2) is 9.84 Å². The summed E-state index contributed by atoms with van der Waals surface area (Å²) in [4.78, 5) is 17.5. The third-order valence-electron chi connectivity index (χ3n) is 5.47. The van der Waals surface area contributed by atoms with E-state index in [1.165, 1.54) is 10.8 Å². The van der Waals surface area contributed by atoms with Crippen molar-refractivity contribution in [3.8, 4) is 11.6 Å². The molecule has 1 saturated heterocycles. The molecular weight excluding hydrogens is 388 g/mol. The van der Waals surface area contributed by atoms with Crippen LogP contribution in [0.2, 0.25) is 0 Å². The summed E-state index contributed by atoms with van der Waals surface area (Å²) < 4.78 is 24.7. The van der Waals surface area contributed by atoms with Gasteiger partial charge in [-0.05, 0) is 49.6 Å². The first-order valence-corrected chi connectivity index (χ1v) is 11.3. The lowest BCUT2D eigenvalue weighted by atomic mass is 10.1. The maximum Gasteiger partial charge on any atom is 0.265 e. The zero-order valence-electron chi connectivity index (χ0n) is 16.3. The summed E-state index contributed by atoms with van der Waals surface area (Å²) in [5.41, 5.74) is 2.75. The van der Waals surface area contributed by atoms with Crippen molar-refractivity contribution in [3.05, 3.63) is 69.5 Å². The Hall–Kier alpha value is -2.93. The van der Waals surface area contributed by atoms with E-state index in [1.807, 2.05) is 26.0 Å². The smallest absolute Gasteiger partial charge is 0.265 e. The number of aromatic nitrogens is 1. The van der Waals surface area contributed by atoms with Crippen LogP contribution >= 0.6 is 0 Å². The van der Waals surface area contributed by atoms with Crippen LogP contribution in [-0.4, -0.2) is 41.9 Å². The molecule has 2 heterocycles. The van der Waals surface area contributed by atoms with E-state index >= 15 is 0 Å². The van der Waals surface area contributed by atoms with Crippen LogP contribution in [0.15, 0.2) is 52.3 Å². The van der Waals surface area contributed by atoms with Crippen molar-refractivity contribution < 1.29 is 13.5 Å². The predicted molar refractivity (Wildman–Crippen MR) is 115 cm³/mol. The monoisotopic (exact) mass is 410 g/mol. The van der Waals surface area contributed by atoms with Gasteiger partial charge in [-0.25, -0.2) is 13.0 Å². The Bertz CT molecular complexity index is 1310. The van der Waals surface area contributed by atoms with Gasteiger partial charge in [-0.1, -0.05) is 24.3 Å². The Morgan fingerprint density at radius 1 is 1.10 bits per heavy atom. The van der Waals surface area contributed by atoms with Crippen LogP contribution in [0.3, 0.4) is 0 Å². The molecule has 7 heteroatoms. The van der Waals surface area contributed by atoms with E-state index in [-0.39, 0.29) is 29.0 Å². The number of nitrogens with zero attached hydrogens (tertiary/aromatic N) is 2. The highest BCUT2D eigenvalue weighted by atomic mass is 32.2. The van der Waals surface area contributed by atoms with E-state index in [0.717, 1.165) is 11.1 Å². The summed E-state index contributed by atoms with van der Waals surface area (Å²) in [6, 6.07) is 12.3. The average Bonchev–Trinajstić information content (AvgIpc) is 3.03. The van der Waals surface area contributed by atoms with Gasteiger partial charge >= 0.3 is 0 Å². The van der Waals surface area contributed by atoms with Crippen molar-refractivity contribution in [2.45, 2.75) is 26.3 Å². The topological polar surface area (TPSA) is 88.7 Å². The molecule has 0 aliphatic carbocycles. The van der Waals surface area contributed by atoms with Gasteiger partial charge in [0.2, 0.25) is 5.88 Å². The third-order valence-corrected chi connectivity index (χ3v) is 7.23. The highest BCUT2D eigenvalue weighted by molar-refractivity contribution is 7.91. The Kier molecular flexibility index (Phi) is 4.78. The number of aliphatic imine (C=N–C) groups is 1. The van der Waals surface area contributed by atoms with Gasteiger partial charge in [0.1, 0.15) is 0 Å². The molecule has 1 aromatic heterocycles. The van der Waals surface area contributed by atoms with E-state index in [4.69, 9.17) is 0 Å². The van der Waals surface area contributed by atoms with Crippen LogP contribution in [0.1, 0.15) is 23.1 Å². The maximum atomic E-state index is 13.1.